The molecular weight excluding hydrogens is 244 g/mol. The largest absolute Gasteiger partial charge is 0.382 e. The third kappa shape index (κ3) is 2.92. The molecule has 1 aromatic carbocycles. The van der Waals surface area contributed by atoms with Crippen molar-refractivity contribution in [2.75, 3.05) is 11.1 Å². The standard InChI is InChI=1S/C13H12N4O2/c1-8(19)16-10-4-2-3-9(5-10)11-6-15-13(14)12(7-18)17-11/h2-7H,1H3,(H2,14,15)(H,16,19). The Morgan fingerprint density at radius 3 is 2.89 bits per heavy atom. The number of anilines is 2. The van der Waals surface area contributed by atoms with Gasteiger partial charge in [0.1, 0.15) is 5.69 Å². The van der Waals surface area contributed by atoms with E-state index >= 15 is 0 Å². The summed E-state index contributed by atoms with van der Waals surface area (Å²) in [6.45, 7) is 1.43. The molecule has 1 amide bonds. The fourth-order valence-electron chi connectivity index (χ4n) is 1.60. The normalized spacial score (nSPS) is 9.95. The third-order valence-corrected chi connectivity index (χ3v) is 2.42. The van der Waals surface area contributed by atoms with Crippen molar-refractivity contribution in [3.8, 4) is 11.3 Å². The number of aromatic nitrogens is 2. The molecule has 19 heavy (non-hydrogen) atoms. The van der Waals surface area contributed by atoms with Crippen molar-refractivity contribution in [2.24, 2.45) is 0 Å². The highest BCUT2D eigenvalue weighted by Crippen LogP contribution is 2.21. The average Bonchev–Trinajstić information content (AvgIpc) is 2.39. The van der Waals surface area contributed by atoms with E-state index in [4.69, 9.17) is 5.73 Å². The van der Waals surface area contributed by atoms with Gasteiger partial charge in [0.05, 0.1) is 11.9 Å². The van der Waals surface area contributed by atoms with Crippen LogP contribution in [0.4, 0.5) is 11.5 Å². The fourth-order valence-corrected chi connectivity index (χ4v) is 1.60. The molecule has 6 heteroatoms. The lowest BCUT2D eigenvalue weighted by Gasteiger charge is -2.06. The van der Waals surface area contributed by atoms with Crippen LogP contribution < -0.4 is 11.1 Å². The van der Waals surface area contributed by atoms with E-state index < -0.39 is 0 Å². The van der Waals surface area contributed by atoms with Crippen LogP contribution in [0.5, 0.6) is 0 Å². The minimum absolute atomic E-state index is 0.0942. The number of amides is 1. The van der Waals surface area contributed by atoms with Crippen molar-refractivity contribution >= 4 is 23.7 Å². The zero-order chi connectivity index (χ0) is 13.8. The maximum atomic E-state index is 11.0. The number of hydrogen-bond acceptors (Lipinski definition) is 5. The van der Waals surface area contributed by atoms with Gasteiger partial charge < -0.3 is 11.1 Å². The van der Waals surface area contributed by atoms with Crippen molar-refractivity contribution in [1.82, 2.24) is 9.97 Å². The van der Waals surface area contributed by atoms with Gasteiger partial charge in [-0.05, 0) is 12.1 Å². The van der Waals surface area contributed by atoms with Crippen LogP contribution in [0, 0.1) is 0 Å². The summed E-state index contributed by atoms with van der Waals surface area (Å²) in [5, 5.41) is 2.67. The van der Waals surface area contributed by atoms with E-state index in [9.17, 15) is 9.59 Å². The number of nitrogens with one attached hydrogen (secondary N) is 1. The number of nitrogens with zero attached hydrogens (tertiary/aromatic N) is 2. The molecule has 6 nitrogen and oxygen atoms in total. The molecule has 0 saturated carbocycles. The number of benzene rings is 1. The Labute approximate surface area is 109 Å². The van der Waals surface area contributed by atoms with Gasteiger partial charge in [-0.3, -0.25) is 9.59 Å². The number of nitrogen functional groups attached to an aromatic ring is 1. The number of hydrogen-bond donors (Lipinski definition) is 2. The Balaban J connectivity index is 2.41. The van der Waals surface area contributed by atoms with Crippen LogP contribution in [-0.4, -0.2) is 22.2 Å². The number of rotatable bonds is 3. The lowest BCUT2D eigenvalue weighted by Crippen LogP contribution is -2.05. The van der Waals surface area contributed by atoms with Gasteiger partial charge in [0.15, 0.2) is 12.1 Å². The SMILES string of the molecule is CC(=O)Nc1cccc(-c2cnc(N)c(C=O)n2)c1. The van der Waals surface area contributed by atoms with Crippen LogP contribution in [0.1, 0.15) is 17.4 Å². The van der Waals surface area contributed by atoms with E-state index in [1.165, 1.54) is 13.1 Å². The first-order valence-electron chi connectivity index (χ1n) is 5.56. The first kappa shape index (κ1) is 12.7. The minimum Gasteiger partial charge on any atom is -0.382 e. The van der Waals surface area contributed by atoms with E-state index in [2.05, 4.69) is 15.3 Å². The van der Waals surface area contributed by atoms with Crippen molar-refractivity contribution in [3.05, 3.63) is 36.2 Å². The molecule has 0 saturated heterocycles. The summed E-state index contributed by atoms with van der Waals surface area (Å²) < 4.78 is 0. The third-order valence-electron chi connectivity index (χ3n) is 2.42. The molecule has 0 unspecified atom stereocenters. The van der Waals surface area contributed by atoms with Gasteiger partial charge in [-0.15, -0.1) is 0 Å². The fraction of sp³-hybridized carbons (Fsp3) is 0.0769. The van der Waals surface area contributed by atoms with Gasteiger partial charge in [0, 0.05) is 18.2 Å². The molecule has 0 atom stereocenters. The van der Waals surface area contributed by atoms with Crippen molar-refractivity contribution in [1.29, 1.82) is 0 Å². The van der Waals surface area contributed by atoms with Crippen LogP contribution in [0.3, 0.4) is 0 Å². The predicted octanol–water partition coefficient (Wildman–Crippen LogP) is 1.50. The summed E-state index contributed by atoms with van der Waals surface area (Å²) in [5.74, 6) is -0.0640. The minimum atomic E-state index is -0.158. The Hall–Kier alpha value is -2.76. The maximum Gasteiger partial charge on any atom is 0.221 e. The van der Waals surface area contributed by atoms with Crippen LogP contribution in [0.25, 0.3) is 11.3 Å². The van der Waals surface area contributed by atoms with Gasteiger partial charge in [-0.1, -0.05) is 12.1 Å². The number of aldehydes is 1. The Kier molecular flexibility index (Phi) is 3.51. The monoisotopic (exact) mass is 256 g/mol. The van der Waals surface area contributed by atoms with E-state index in [-0.39, 0.29) is 17.4 Å². The highest BCUT2D eigenvalue weighted by Gasteiger charge is 2.06. The molecular formula is C13H12N4O2. The van der Waals surface area contributed by atoms with E-state index in [1.807, 2.05) is 0 Å². The molecule has 2 aromatic rings. The number of carbonyl (C=O) groups excluding carboxylic acids is 2. The summed E-state index contributed by atoms with van der Waals surface area (Å²) in [4.78, 5) is 29.8. The molecule has 0 aliphatic carbocycles. The molecule has 0 radical (unpaired) electrons. The zero-order valence-electron chi connectivity index (χ0n) is 10.3. The average molecular weight is 256 g/mol. The molecule has 2 rings (SSSR count). The molecule has 1 heterocycles. The molecule has 0 spiro atoms. The van der Waals surface area contributed by atoms with E-state index in [0.29, 0.717) is 17.7 Å². The van der Waals surface area contributed by atoms with Crippen molar-refractivity contribution in [2.45, 2.75) is 6.92 Å². The van der Waals surface area contributed by atoms with Gasteiger partial charge >= 0.3 is 0 Å². The van der Waals surface area contributed by atoms with Gasteiger partial charge in [-0.2, -0.15) is 0 Å². The van der Waals surface area contributed by atoms with Crippen LogP contribution in [0.2, 0.25) is 0 Å². The second kappa shape index (κ2) is 5.26. The Morgan fingerprint density at radius 1 is 1.42 bits per heavy atom. The maximum absolute atomic E-state index is 11.0. The number of nitrogens with two attached hydrogens (primary N) is 1. The molecule has 0 aliphatic rings. The molecule has 96 valence electrons. The van der Waals surface area contributed by atoms with Gasteiger partial charge in [-0.25, -0.2) is 9.97 Å². The van der Waals surface area contributed by atoms with Crippen molar-refractivity contribution in [3.63, 3.8) is 0 Å². The summed E-state index contributed by atoms with van der Waals surface area (Å²) in [7, 11) is 0. The summed E-state index contributed by atoms with van der Waals surface area (Å²) in [6.07, 6.45) is 2.04. The summed E-state index contributed by atoms with van der Waals surface area (Å²) >= 11 is 0. The van der Waals surface area contributed by atoms with Gasteiger partial charge in [0.25, 0.3) is 0 Å². The molecule has 1 aromatic heterocycles. The van der Waals surface area contributed by atoms with Crippen LogP contribution in [0.15, 0.2) is 30.5 Å². The topological polar surface area (TPSA) is 98.0 Å². The second-order valence-corrected chi connectivity index (χ2v) is 3.91. The number of carbonyl (C=O) groups is 2. The van der Waals surface area contributed by atoms with Crippen LogP contribution in [-0.2, 0) is 4.79 Å². The molecule has 0 aliphatic heterocycles. The second-order valence-electron chi connectivity index (χ2n) is 3.91. The highest BCUT2D eigenvalue weighted by molar-refractivity contribution is 5.89. The first-order valence-corrected chi connectivity index (χ1v) is 5.56. The molecule has 3 N–H and O–H groups in total. The quantitative estimate of drug-likeness (QED) is 0.811. The highest BCUT2D eigenvalue weighted by atomic mass is 16.1. The van der Waals surface area contributed by atoms with Crippen LogP contribution >= 0.6 is 0 Å². The summed E-state index contributed by atoms with van der Waals surface area (Å²) in [5.41, 5.74) is 7.52. The lowest BCUT2D eigenvalue weighted by atomic mass is 10.1. The summed E-state index contributed by atoms with van der Waals surface area (Å²) in [6, 6.07) is 7.09. The van der Waals surface area contributed by atoms with Crippen molar-refractivity contribution < 1.29 is 9.59 Å². The molecule has 0 fully saturated rings. The smallest absolute Gasteiger partial charge is 0.221 e. The predicted molar refractivity (Wildman–Crippen MR) is 71.6 cm³/mol. The molecule has 0 bridgehead atoms. The lowest BCUT2D eigenvalue weighted by molar-refractivity contribution is -0.114. The first-order chi connectivity index (χ1) is 9.10. The van der Waals surface area contributed by atoms with Gasteiger partial charge in [0.2, 0.25) is 5.91 Å². The Morgan fingerprint density at radius 2 is 2.21 bits per heavy atom. The van der Waals surface area contributed by atoms with E-state index in [1.54, 1.807) is 24.3 Å². The Bertz CT molecular complexity index is 640. The zero-order valence-corrected chi connectivity index (χ0v) is 10.3. The van der Waals surface area contributed by atoms with E-state index in [0.717, 1.165) is 5.56 Å².